The molecule has 0 aromatic heterocycles. The third-order valence-electron chi connectivity index (χ3n) is 3.88. The summed E-state index contributed by atoms with van der Waals surface area (Å²) in [6, 6.07) is 9.02. The number of hydrogen-bond acceptors (Lipinski definition) is 3. The molecule has 1 heterocycles. The van der Waals surface area contributed by atoms with Gasteiger partial charge in [-0.3, -0.25) is 0 Å². The minimum absolute atomic E-state index is 0.744. The van der Waals surface area contributed by atoms with Crippen LogP contribution >= 0.6 is 15.9 Å². The van der Waals surface area contributed by atoms with Crippen molar-refractivity contribution in [1.82, 2.24) is 9.80 Å². The number of hydrogen-bond donors (Lipinski definition) is 1. The lowest BCUT2D eigenvalue weighted by molar-refractivity contribution is 0.224. The minimum Gasteiger partial charge on any atom is -0.383 e. The fourth-order valence-electron chi connectivity index (χ4n) is 2.65. The van der Waals surface area contributed by atoms with Gasteiger partial charge in [0.25, 0.3) is 0 Å². The van der Waals surface area contributed by atoms with E-state index in [0.717, 1.165) is 23.6 Å². The fraction of sp³-hybridized carbons (Fsp3) is 0.600. The Bertz CT molecular complexity index is 397. The van der Waals surface area contributed by atoms with Gasteiger partial charge in [-0.2, -0.15) is 0 Å². The van der Waals surface area contributed by atoms with Gasteiger partial charge >= 0.3 is 0 Å². The van der Waals surface area contributed by atoms with Crippen molar-refractivity contribution in [1.29, 1.82) is 0 Å². The molecule has 19 heavy (non-hydrogen) atoms. The zero-order valence-corrected chi connectivity index (χ0v) is 13.5. The lowest BCUT2D eigenvalue weighted by atomic mass is 10.2. The smallest absolute Gasteiger partial charge is 0.0485 e. The second kappa shape index (κ2) is 7.27. The van der Waals surface area contributed by atoms with Crippen molar-refractivity contribution in [2.24, 2.45) is 0 Å². The molecule has 1 unspecified atom stereocenters. The summed E-state index contributed by atoms with van der Waals surface area (Å²) in [6.07, 6.45) is 2.70. The fourth-order valence-corrected chi connectivity index (χ4v) is 3.07. The van der Waals surface area contributed by atoms with Crippen LogP contribution in [-0.2, 0) is 0 Å². The van der Waals surface area contributed by atoms with Gasteiger partial charge in [-0.05, 0) is 61.5 Å². The zero-order valence-electron chi connectivity index (χ0n) is 11.9. The maximum Gasteiger partial charge on any atom is 0.0485 e. The monoisotopic (exact) mass is 325 g/mol. The van der Waals surface area contributed by atoms with Crippen molar-refractivity contribution < 1.29 is 0 Å². The molecule has 0 saturated carbocycles. The van der Waals surface area contributed by atoms with Crippen LogP contribution in [0.5, 0.6) is 0 Å². The van der Waals surface area contributed by atoms with E-state index in [1.54, 1.807) is 0 Å². The van der Waals surface area contributed by atoms with Gasteiger partial charge in [-0.15, -0.1) is 0 Å². The maximum absolute atomic E-state index is 3.56. The molecular weight excluding hydrogens is 302 g/mol. The van der Waals surface area contributed by atoms with Crippen LogP contribution in [0.15, 0.2) is 28.7 Å². The molecule has 0 aliphatic carbocycles. The lowest BCUT2D eigenvalue weighted by Gasteiger charge is -2.26. The van der Waals surface area contributed by atoms with Crippen LogP contribution in [0, 0.1) is 0 Å². The predicted molar refractivity (Wildman–Crippen MR) is 85.8 cm³/mol. The minimum atomic E-state index is 0.744. The number of halogens is 1. The number of nitrogens with zero attached hydrogens (tertiary/aromatic N) is 2. The van der Waals surface area contributed by atoms with Crippen LogP contribution in [-0.4, -0.2) is 56.1 Å². The Morgan fingerprint density at radius 1 is 1.42 bits per heavy atom. The molecule has 3 nitrogen and oxygen atoms in total. The van der Waals surface area contributed by atoms with Crippen LogP contribution in [0.4, 0.5) is 5.69 Å². The van der Waals surface area contributed by atoms with Crippen molar-refractivity contribution >= 4 is 21.6 Å². The first-order valence-corrected chi connectivity index (χ1v) is 7.83. The van der Waals surface area contributed by atoms with E-state index in [-0.39, 0.29) is 0 Å². The van der Waals surface area contributed by atoms with Gasteiger partial charge in [0, 0.05) is 35.8 Å². The first-order chi connectivity index (χ1) is 9.16. The van der Waals surface area contributed by atoms with Gasteiger partial charge < -0.3 is 15.1 Å². The van der Waals surface area contributed by atoms with Crippen molar-refractivity contribution in [3.8, 4) is 0 Å². The Balaban J connectivity index is 1.69. The lowest BCUT2D eigenvalue weighted by Crippen LogP contribution is -2.38. The molecule has 106 valence electrons. The second-order valence-corrected chi connectivity index (χ2v) is 6.30. The number of nitrogens with one attached hydrogen (secondary N) is 1. The van der Waals surface area contributed by atoms with E-state index in [2.05, 4.69) is 63.3 Å². The predicted octanol–water partition coefficient (Wildman–Crippen LogP) is 2.89. The van der Waals surface area contributed by atoms with E-state index in [0.29, 0.717) is 0 Å². The average Bonchev–Trinajstić information content (AvgIpc) is 2.77. The number of para-hydroxylation sites is 1. The molecule has 1 aromatic carbocycles. The summed E-state index contributed by atoms with van der Waals surface area (Å²) in [4.78, 5) is 4.91. The van der Waals surface area contributed by atoms with E-state index in [4.69, 9.17) is 0 Å². The van der Waals surface area contributed by atoms with Crippen molar-refractivity contribution in [3.63, 3.8) is 0 Å². The van der Waals surface area contributed by atoms with Crippen molar-refractivity contribution in [3.05, 3.63) is 28.7 Å². The van der Waals surface area contributed by atoms with E-state index in [1.165, 1.54) is 31.6 Å². The molecule has 4 heteroatoms. The van der Waals surface area contributed by atoms with Gasteiger partial charge in [-0.25, -0.2) is 0 Å². The Hall–Kier alpha value is -0.580. The van der Waals surface area contributed by atoms with Crippen LogP contribution in [0.3, 0.4) is 0 Å². The molecule has 1 aromatic rings. The van der Waals surface area contributed by atoms with E-state index in [1.807, 2.05) is 6.07 Å². The summed E-state index contributed by atoms with van der Waals surface area (Å²) in [5.41, 5.74) is 1.17. The molecule has 2 rings (SSSR count). The molecule has 1 aliphatic heterocycles. The largest absolute Gasteiger partial charge is 0.383 e. The third-order valence-corrected chi connectivity index (χ3v) is 4.57. The molecule has 1 atom stereocenters. The summed E-state index contributed by atoms with van der Waals surface area (Å²) >= 11 is 3.56. The van der Waals surface area contributed by atoms with Gasteiger partial charge in [-0.1, -0.05) is 12.1 Å². The molecule has 0 spiro atoms. The second-order valence-electron chi connectivity index (χ2n) is 5.45. The number of anilines is 1. The van der Waals surface area contributed by atoms with E-state index >= 15 is 0 Å². The molecule has 0 radical (unpaired) electrons. The van der Waals surface area contributed by atoms with Gasteiger partial charge in [0.2, 0.25) is 0 Å². The SMILES string of the molecule is CN(CCNc1ccccc1Br)CC1CCCN1C. The molecule has 1 fully saturated rings. The van der Waals surface area contributed by atoms with Crippen LogP contribution in [0.1, 0.15) is 12.8 Å². The standard InChI is InChI=1S/C15H24BrN3/c1-18(12-13-6-5-10-19(13)2)11-9-17-15-8-4-3-7-14(15)16/h3-4,7-8,13,17H,5-6,9-12H2,1-2H3. The summed E-state index contributed by atoms with van der Waals surface area (Å²) in [5, 5.41) is 3.48. The van der Waals surface area contributed by atoms with Crippen molar-refractivity contribution in [2.75, 3.05) is 45.6 Å². The molecule has 1 saturated heterocycles. The molecule has 1 N–H and O–H groups in total. The summed E-state index contributed by atoms with van der Waals surface area (Å²) in [6.45, 7) is 4.49. The van der Waals surface area contributed by atoms with Gasteiger partial charge in [0.15, 0.2) is 0 Å². The average molecular weight is 326 g/mol. The number of likely N-dealkylation sites (tertiary alicyclic amines) is 1. The third kappa shape index (κ3) is 4.48. The summed E-state index contributed by atoms with van der Waals surface area (Å²) in [5.74, 6) is 0. The highest BCUT2D eigenvalue weighted by Crippen LogP contribution is 2.20. The molecule has 1 aliphatic rings. The zero-order chi connectivity index (χ0) is 13.7. The maximum atomic E-state index is 3.56. The quantitative estimate of drug-likeness (QED) is 0.867. The highest BCUT2D eigenvalue weighted by atomic mass is 79.9. The Labute approximate surface area is 125 Å². The van der Waals surface area contributed by atoms with Crippen LogP contribution in [0.2, 0.25) is 0 Å². The highest BCUT2D eigenvalue weighted by Gasteiger charge is 2.21. The molecule has 0 amide bonds. The Morgan fingerprint density at radius 3 is 2.89 bits per heavy atom. The van der Waals surface area contributed by atoms with Gasteiger partial charge in [0.05, 0.1) is 0 Å². The summed E-state index contributed by atoms with van der Waals surface area (Å²) in [7, 11) is 4.46. The summed E-state index contributed by atoms with van der Waals surface area (Å²) < 4.78 is 1.13. The van der Waals surface area contributed by atoms with E-state index < -0.39 is 0 Å². The topological polar surface area (TPSA) is 18.5 Å². The Morgan fingerprint density at radius 2 is 2.21 bits per heavy atom. The first-order valence-electron chi connectivity index (χ1n) is 7.04. The van der Waals surface area contributed by atoms with Crippen LogP contribution in [0.25, 0.3) is 0 Å². The van der Waals surface area contributed by atoms with E-state index in [9.17, 15) is 0 Å². The molecule has 0 bridgehead atoms. The molecular formula is C15H24BrN3. The number of benzene rings is 1. The first kappa shape index (κ1) is 14.8. The number of likely N-dealkylation sites (N-methyl/N-ethyl adjacent to an activating group) is 2. The van der Waals surface area contributed by atoms with Crippen LogP contribution < -0.4 is 5.32 Å². The van der Waals surface area contributed by atoms with Gasteiger partial charge in [0.1, 0.15) is 0 Å². The highest BCUT2D eigenvalue weighted by molar-refractivity contribution is 9.10. The van der Waals surface area contributed by atoms with Crippen molar-refractivity contribution in [2.45, 2.75) is 18.9 Å². The normalized spacial score (nSPS) is 20.1. The number of rotatable bonds is 6. The Kier molecular flexibility index (Phi) is 5.67.